The molecule has 6 nitrogen and oxygen atoms in total. The highest BCUT2D eigenvalue weighted by atomic mass is 19.4. The number of anilines is 1. The lowest BCUT2D eigenvalue weighted by Crippen LogP contribution is -2.45. The number of rotatable bonds is 5. The molecule has 6 rings (SSSR count). The van der Waals surface area contributed by atoms with Gasteiger partial charge in [0.05, 0.1) is 33.4 Å². The van der Waals surface area contributed by atoms with Crippen LogP contribution in [0.3, 0.4) is 0 Å². The van der Waals surface area contributed by atoms with E-state index in [-0.39, 0.29) is 16.8 Å². The molecule has 0 saturated carbocycles. The number of benzene rings is 3. The van der Waals surface area contributed by atoms with E-state index < -0.39 is 17.6 Å². The fourth-order valence-electron chi connectivity index (χ4n) is 5.24. The molecule has 5 aromatic rings. The Morgan fingerprint density at radius 1 is 0.923 bits per heavy atom. The van der Waals surface area contributed by atoms with Crippen molar-refractivity contribution in [2.24, 2.45) is 5.73 Å². The molecule has 9 heteroatoms. The van der Waals surface area contributed by atoms with Crippen molar-refractivity contribution < 1.29 is 18.0 Å². The van der Waals surface area contributed by atoms with Crippen molar-refractivity contribution in [3.63, 3.8) is 0 Å². The summed E-state index contributed by atoms with van der Waals surface area (Å²) in [6.45, 7) is 4.55. The predicted octanol–water partition coefficient (Wildman–Crippen LogP) is 5.82. The van der Waals surface area contributed by atoms with E-state index >= 15 is 0 Å². The second-order valence-corrected chi connectivity index (χ2v) is 9.83. The molecule has 1 saturated heterocycles. The first-order chi connectivity index (χ1) is 18.8. The average molecular weight is 530 g/mol. The van der Waals surface area contributed by atoms with Crippen molar-refractivity contribution in [3.05, 3.63) is 95.6 Å². The highest BCUT2D eigenvalue weighted by Crippen LogP contribution is 2.35. The second kappa shape index (κ2) is 9.74. The monoisotopic (exact) mass is 529 g/mol. The van der Waals surface area contributed by atoms with E-state index in [1.54, 1.807) is 6.07 Å². The van der Waals surface area contributed by atoms with E-state index in [1.165, 1.54) is 17.7 Å². The van der Waals surface area contributed by atoms with Crippen LogP contribution in [0.1, 0.15) is 21.5 Å². The molecule has 1 aliphatic heterocycles. The van der Waals surface area contributed by atoms with Crippen LogP contribution in [0.15, 0.2) is 78.9 Å². The number of halogens is 3. The summed E-state index contributed by atoms with van der Waals surface area (Å²) in [5.74, 6) is -0.683. The Labute approximate surface area is 222 Å². The van der Waals surface area contributed by atoms with Crippen LogP contribution >= 0.6 is 0 Å². The average Bonchev–Trinajstić information content (AvgIpc) is 3.31. The van der Waals surface area contributed by atoms with Gasteiger partial charge in [0.25, 0.3) is 5.91 Å². The third kappa shape index (κ3) is 4.93. The first-order valence-electron chi connectivity index (χ1n) is 12.7. The first-order valence-corrected chi connectivity index (χ1v) is 12.7. The van der Waals surface area contributed by atoms with Crippen LogP contribution in [-0.2, 0) is 12.7 Å². The van der Waals surface area contributed by atoms with Crippen molar-refractivity contribution in [1.82, 2.24) is 14.9 Å². The van der Waals surface area contributed by atoms with Gasteiger partial charge in [-0.1, -0.05) is 42.5 Å². The maximum Gasteiger partial charge on any atom is 0.416 e. The van der Waals surface area contributed by atoms with E-state index in [0.717, 1.165) is 61.4 Å². The number of H-pyrrole nitrogens is 1. The third-order valence-corrected chi connectivity index (χ3v) is 7.27. The predicted molar refractivity (Wildman–Crippen MR) is 146 cm³/mol. The van der Waals surface area contributed by atoms with Crippen LogP contribution in [0.2, 0.25) is 0 Å². The zero-order valence-corrected chi connectivity index (χ0v) is 21.0. The molecule has 3 N–H and O–H groups in total. The molecule has 0 radical (unpaired) electrons. The van der Waals surface area contributed by atoms with E-state index in [0.29, 0.717) is 11.0 Å². The minimum Gasteiger partial charge on any atom is -0.369 e. The quantitative estimate of drug-likeness (QED) is 0.301. The number of alkyl halides is 3. The van der Waals surface area contributed by atoms with Crippen LogP contribution in [0, 0.1) is 0 Å². The number of primary amides is 1. The Bertz CT molecular complexity index is 1670. The molecule has 0 spiro atoms. The van der Waals surface area contributed by atoms with Gasteiger partial charge >= 0.3 is 6.18 Å². The highest BCUT2D eigenvalue weighted by molar-refractivity contribution is 6.14. The molecule has 3 heterocycles. The number of nitrogens with zero attached hydrogens (tertiary/aromatic N) is 3. The van der Waals surface area contributed by atoms with Crippen LogP contribution in [0.4, 0.5) is 18.9 Å². The largest absolute Gasteiger partial charge is 0.416 e. The number of carbonyl (C=O) groups is 1. The van der Waals surface area contributed by atoms with Gasteiger partial charge in [0.2, 0.25) is 0 Å². The summed E-state index contributed by atoms with van der Waals surface area (Å²) in [4.78, 5) is 25.1. The molecule has 0 bridgehead atoms. The summed E-state index contributed by atoms with van der Waals surface area (Å²) in [7, 11) is 0. The standard InChI is InChI=1S/C30H26F3N5O/c31-30(32,33)21-8-4-7-20(15-21)25-17-24(29(34)39)28-27(35-25)23-10-9-22(16-26(23)36-28)38-13-11-37(12-14-38)18-19-5-2-1-3-6-19/h1-10,15-17,36H,11-14,18H2,(H2,34,39). The SMILES string of the molecule is NC(=O)c1cc(-c2cccc(C(F)(F)F)c2)nc2c1[nH]c1cc(N3CCN(Cc4ccccc4)CC3)ccc12. The molecule has 39 heavy (non-hydrogen) atoms. The highest BCUT2D eigenvalue weighted by Gasteiger charge is 2.30. The smallest absolute Gasteiger partial charge is 0.369 e. The second-order valence-electron chi connectivity index (χ2n) is 9.83. The van der Waals surface area contributed by atoms with Gasteiger partial charge in [-0.3, -0.25) is 9.69 Å². The summed E-state index contributed by atoms with van der Waals surface area (Å²) in [6.07, 6.45) is -4.49. The molecule has 0 unspecified atom stereocenters. The summed E-state index contributed by atoms with van der Waals surface area (Å²) in [6, 6.07) is 22.8. The molecule has 1 aliphatic rings. The molecule has 2 aromatic heterocycles. The Balaban J connectivity index is 1.31. The van der Waals surface area contributed by atoms with Gasteiger partial charge in [0.15, 0.2) is 0 Å². The molecule has 3 aromatic carbocycles. The normalized spacial score (nSPS) is 14.8. The van der Waals surface area contributed by atoms with Crippen molar-refractivity contribution in [2.75, 3.05) is 31.1 Å². The van der Waals surface area contributed by atoms with E-state index in [4.69, 9.17) is 5.73 Å². The zero-order valence-electron chi connectivity index (χ0n) is 21.0. The van der Waals surface area contributed by atoms with Crippen molar-refractivity contribution in [3.8, 4) is 11.3 Å². The van der Waals surface area contributed by atoms with Crippen molar-refractivity contribution >= 4 is 33.5 Å². The molecule has 0 aliphatic carbocycles. The third-order valence-electron chi connectivity index (χ3n) is 7.27. The maximum absolute atomic E-state index is 13.3. The van der Waals surface area contributed by atoms with E-state index in [2.05, 4.69) is 44.0 Å². The van der Waals surface area contributed by atoms with Crippen molar-refractivity contribution in [2.45, 2.75) is 12.7 Å². The van der Waals surface area contributed by atoms with Gasteiger partial charge in [0.1, 0.15) is 0 Å². The number of nitrogens with one attached hydrogen (secondary N) is 1. The van der Waals surface area contributed by atoms with Gasteiger partial charge in [-0.05, 0) is 42.0 Å². The van der Waals surface area contributed by atoms with Gasteiger partial charge in [-0.2, -0.15) is 13.2 Å². The summed E-state index contributed by atoms with van der Waals surface area (Å²) in [5.41, 5.74) is 9.68. The van der Waals surface area contributed by atoms with Gasteiger partial charge in [0, 0.05) is 49.4 Å². The van der Waals surface area contributed by atoms with Gasteiger partial charge in [-0.25, -0.2) is 4.98 Å². The lowest BCUT2D eigenvalue weighted by molar-refractivity contribution is -0.137. The number of piperazine rings is 1. The van der Waals surface area contributed by atoms with Gasteiger partial charge in [-0.15, -0.1) is 0 Å². The lowest BCUT2D eigenvalue weighted by Gasteiger charge is -2.36. The first kappa shape index (κ1) is 24.9. The topological polar surface area (TPSA) is 78.2 Å². The Morgan fingerprint density at radius 2 is 1.69 bits per heavy atom. The van der Waals surface area contributed by atoms with Crippen LogP contribution < -0.4 is 10.6 Å². The number of nitrogens with two attached hydrogens (primary N) is 1. The fraction of sp³-hybridized carbons (Fsp3) is 0.200. The minimum atomic E-state index is -4.49. The van der Waals surface area contributed by atoms with Crippen LogP contribution in [0.5, 0.6) is 0 Å². The summed E-state index contributed by atoms with van der Waals surface area (Å²) in [5, 5.41) is 0.771. The fourth-order valence-corrected chi connectivity index (χ4v) is 5.24. The molecular weight excluding hydrogens is 503 g/mol. The number of hydrogen-bond acceptors (Lipinski definition) is 4. The maximum atomic E-state index is 13.3. The number of amides is 1. The van der Waals surface area contributed by atoms with Crippen LogP contribution in [-0.4, -0.2) is 47.0 Å². The molecule has 198 valence electrons. The number of aromatic amines is 1. The number of fused-ring (bicyclic) bond motifs is 3. The molecule has 0 atom stereocenters. The Kier molecular flexibility index (Phi) is 6.23. The Hall–Kier alpha value is -4.37. The van der Waals surface area contributed by atoms with Crippen LogP contribution in [0.25, 0.3) is 33.2 Å². The summed E-state index contributed by atoms with van der Waals surface area (Å²) >= 11 is 0. The van der Waals surface area contributed by atoms with E-state index in [9.17, 15) is 18.0 Å². The van der Waals surface area contributed by atoms with Crippen molar-refractivity contribution in [1.29, 1.82) is 0 Å². The van der Waals surface area contributed by atoms with E-state index in [1.807, 2.05) is 24.3 Å². The number of pyridine rings is 1. The molecule has 1 fully saturated rings. The molecule has 1 amide bonds. The Morgan fingerprint density at radius 3 is 2.41 bits per heavy atom. The van der Waals surface area contributed by atoms with Gasteiger partial charge < -0.3 is 15.6 Å². The summed E-state index contributed by atoms with van der Waals surface area (Å²) < 4.78 is 39.9. The number of carbonyl (C=O) groups excluding carboxylic acids is 1. The number of hydrogen-bond donors (Lipinski definition) is 2. The molecular formula is C30H26F3N5O. The minimum absolute atomic E-state index is 0.180. The zero-order chi connectivity index (χ0) is 27.1. The lowest BCUT2D eigenvalue weighted by atomic mass is 10.0. The number of aromatic nitrogens is 2.